The van der Waals surface area contributed by atoms with E-state index in [1.165, 1.54) is 16.8 Å². The maximum atomic E-state index is 5.95. The Morgan fingerprint density at radius 1 is 1.27 bits per heavy atom. The molecule has 0 aromatic heterocycles. The molecule has 6 heteroatoms. The molecule has 0 saturated carbocycles. The zero-order valence-corrected chi connectivity index (χ0v) is 16.5. The van der Waals surface area contributed by atoms with Crippen LogP contribution in [0.3, 0.4) is 0 Å². The van der Waals surface area contributed by atoms with Gasteiger partial charge in [-0.05, 0) is 43.0 Å². The second kappa shape index (κ2) is 8.73. The highest BCUT2D eigenvalue weighted by molar-refractivity contribution is 5.80. The van der Waals surface area contributed by atoms with Crippen LogP contribution in [0.1, 0.15) is 24.0 Å². The molecule has 2 atom stereocenters. The fourth-order valence-electron chi connectivity index (χ4n) is 3.65. The number of guanidine groups is 1. The van der Waals surface area contributed by atoms with Gasteiger partial charge in [0, 0.05) is 53.1 Å². The Balaban J connectivity index is 1.59. The van der Waals surface area contributed by atoms with Crippen LogP contribution < -0.4 is 10.2 Å². The molecule has 2 saturated heterocycles. The van der Waals surface area contributed by atoms with Gasteiger partial charge in [-0.3, -0.25) is 4.99 Å². The molecule has 26 heavy (non-hydrogen) atoms. The van der Waals surface area contributed by atoms with Crippen LogP contribution in [0.2, 0.25) is 0 Å². The molecule has 3 rings (SSSR count). The molecule has 2 unspecified atom stereocenters. The summed E-state index contributed by atoms with van der Waals surface area (Å²) in [5.41, 5.74) is 3.81. The van der Waals surface area contributed by atoms with E-state index in [2.05, 4.69) is 59.3 Å². The molecule has 2 heterocycles. The minimum atomic E-state index is 0.144. The highest BCUT2D eigenvalue weighted by atomic mass is 16.5. The van der Waals surface area contributed by atoms with Crippen molar-refractivity contribution < 1.29 is 9.47 Å². The third-order valence-corrected chi connectivity index (χ3v) is 5.26. The summed E-state index contributed by atoms with van der Waals surface area (Å²) in [6.07, 6.45) is 2.62. The zero-order chi connectivity index (χ0) is 18.5. The first kappa shape index (κ1) is 19.0. The minimum absolute atomic E-state index is 0.144. The van der Waals surface area contributed by atoms with E-state index in [0.29, 0.717) is 0 Å². The topological polar surface area (TPSA) is 49.3 Å². The number of aryl methyl sites for hydroxylation is 1. The first-order valence-corrected chi connectivity index (χ1v) is 9.54. The lowest BCUT2D eigenvalue weighted by molar-refractivity contribution is -0.0817. The van der Waals surface area contributed by atoms with Gasteiger partial charge in [0.2, 0.25) is 0 Å². The second-order valence-electron chi connectivity index (χ2n) is 7.31. The predicted molar refractivity (Wildman–Crippen MR) is 106 cm³/mol. The lowest BCUT2D eigenvalue weighted by Crippen LogP contribution is -2.53. The molecule has 2 aliphatic heterocycles. The first-order chi connectivity index (χ1) is 12.6. The molecule has 6 nitrogen and oxygen atoms in total. The number of rotatable bonds is 4. The van der Waals surface area contributed by atoms with Gasteiger partial charge in [-0.15, -0.1) is 0 Å². The second-order valence-corrected chi connectivity index (χ2v) is 7.31. The standard InChI is InChI=1S/C20H32N4O2/c1-15-12-17(23(3)4)8-7-16(15)13-22-20(21-2)24-9-11-26-19(14-24)18-6-5-10-25-18/h7-8,12,18-19H,5-6,9-11,13-14H2,1-4H3,(H,21,22). The average molecular weight is 361 g/mol. The Labute approximate surface area is 157 Å². The molecular weight excluding hydrogens is 328 g/mol. The average Bonchev–Trinajstić information content (AvgIpc) is 3.18. The lowest BCUT2D eigenvalue weighted by Gasteiger charge is -2.37. The number of hydrogen-bond donors (Lipinski definition) is 1. The van der Waals surface area contributed by atoms with Crippen molar-refractivity contribution in [3.05, 3.63) is 29.3 Å². The van der Waals surface area contributed by atoms with E-state index in [1.807, 2.05) is 7.05 Å². The van der Waals surface area contributed by atoms with Crippen LogP contribution in [-0.4, -0.2) is 70.5 Å². The van der Waals surface area contributed by atoms with Crippen LogP contribution in [0.4, 0.5) is 5.69 Å². The number of hydrogen-bond acceptors (Lipinski definition) is 4. The van der Waals surface area contributed by atoms with Gasteiger partial charge >= 0.3 is 0 Å². The van der Waals surface area contributed by atoms with Gasteiger partial charge in [-0.25, -0.2) is 0 Å². The van der Waals surface area contributed by atoms with Gasteiger partial charge in [0.1, 0.15) is 6.10 Å². The van der Waals surface area contributed by atoms with Gasteiger partial charge < -0.3 is 24.6 Å². The highest BCUT2D eigenvalue weighted by Crippen LogP contribution is 2.21. The summed E-state index contributed by atoms with van der Waals surface area (Å²) in [5.74, 6) is 0.937. The van der Waals surface area contributed by atoms with Crippen LogP contribution in [-0.2, 0) is 16.0 Å². The quantitative estimate of drug-likeness (QED) is 0.658. The smallest absolute Gasteiger partial charge is 0.194 e. The molecule has 2 fully saturated rings. The molecule has 0 aliphatic carbocycles. The zero-order valence-electron chi connectivity index (χ0n) is 16.5. The summed E-state index contributed by atoms with van der Waals surface area (Å²) in [6, 6.07) is 6.58. The van der Waals surface area contributed by atoms with Crippen LogP contribution in [0.15, 0.2) is 23.2 Å². The first-order valence-electron chi connectivity index (χ1n) is 9.54. The molecule has 0 amide bonds. The highest BCUT2D eigenvalue weighted by Gasteiger charge is 2.32. The van der Waals surface area contributed by atoms with E-state index >= 15 is 0 Å². The summed E-state index contributed by atoms with van der Waals surface area (Å²) >= 11 is 0. The molecule has 0 radical (unpaired) electrons. The molecule has 1 N–H and O–H groups in total. The third kappa shape index (κ3) is 4.48. The number of ether oxygens (including phenoxy) is 2. The van der Waals surface area contributed by atoms with Crippen molar-refractivity contribution >= 4 is 11.6 Å². The third-order valence-electron chi connectivity index (χ3n) is 5.26. The fraction of sp³-hybridized carbons (Fsp3) is 0.650. The normalized spacial score (nSPS) is 24.0. The number of morpholine rings is 1. The van der Waals surface area contributed by atoms with E-state index in [9.17, 15) is 0 Å². The Morgan fingerprint density at radius 2 is 2.08 bits per heavy atom. The molecule has 0 bridgehead atoms. The van der Waals surface area contributed by atoms with E-state index in [1.54, 1.807) is 0 Å². The number of anilines is 1. The molecule has 1 aromatic rings. The van der Waals surface area contributed by atoms with Crippen LogP contribution >= 0.6 is 0 Å². The van der Waals surface area contributed by atoms with Crippen molar-refractivity contribution in [3.8, 4) is 0 Å². The Bertz CT molecular complexity index is 626. The van der Waals surface area contributed by atoms with Crippen LogP contribution in [0.25, 0.3) is 0 Å². The number of nitrogens with one attached hydrogen (secondary N) is 1. The summed E-state index contributed by atoms with van der Waals surface area (Å²) in [5, 5.41) is 3.52. The van der Waals surface area contributed by atoms with Crippen molar-refractivity contribution in [2.75, 3.05) is 52.3 Å². The number of aliphatic imine (C=N–C) groups is 1. The summed E-state index contributed by atoms with van der Waals surface area (Å²) in [6.45, 7) is 6.22. The van der Waals surface area contributed by atoms with Crippen molar-refractivity contribution in [2.24, 2.45) is 4.99 Å². The van der Waals surface area contributed by atoms with E-state index in [-0.39, 0.29) is 12.2 Å². The van der Waals surface area contributed by atoms with Crippen molar-refractivity contribution in [1.82, 2.24) is 10.2 Å². The molecule has 2 aliphatic rings. The van der Waals surface area contributed by atoms with Gasteiger partial charge in [0.25, 0.3) is 0 Å². The Morgan fingerprint density at radius 3 is 2.73 bits per heavy atom. The largest absolute Gasteiger partial charge is 0.378 e. The molecule has 1 aromatic carbocycles. The van der Waals surface area contributed by atoms with E-state index in [4.69, 9.17) is 9.47 Å². The SMILES string of the molecule is CN=C(NCc1ccc(N(C)C)cc1C)N1CCOC(C2CCCO2)C1. The maximum absolute atomic E-state index is 5.95. The minimum Gasteiger partial charge on any atom is -0.378 e. The van der Waals surface area contributed by atoms with Crippen LogP contribution in [0, 0.1) is 6.92 Å². The summed E-state index contributed by atoms with van der Waals surface area (Å²) in [4.78, 5) is 8.91. The van der Waals surface area contributed by atoms with Crippen molar-refractivity contribution in [2.45, 2.75) is 38.5 Å². The Hall–Kier alpha value is -1.79. The van der Waals surface area contributed by atoms with Gasteiger partial charge in [0.05, 0.1) is 12.7 Å². The summed E-state index contributed by atoms with van der Waals surface area (Å²) < 4.78 is 11.8. The van der Waals surface area contributed by atoms with E-state index in [0.717, 1.165) is 51.6 Å². The van der Waals surface area contributed by atoms with Gasteiger partial charge in [0.15, 0.2) is 5.96 Å². The number of benzene rings is 1. The lowest BCUT2D eigenvalue weighted by atomic mass is 10.1. The van der Waals surface area contributed by atoms with E-state index < -0.39 is 0 Å². The fourth-order valence-corrected chi connectivity index (χ4v) is 3.65. The summed E-state index contributed by atoms with van der Waals surface area (Å²) in [7, 11) is 5.98. The Kier molecular flexibility index (Phi) is 6.38. The maximum Gasteiger partial charge on any atom is 0.194 e. The molecule has 144 valence electrons. The van der Waals surface area contributed by atoms with Crippen LogP contribution in [0.5, 0.6) is 0 Å². The van der Waals surface area contributed by atoms with Crippen molar-refractivity contribution in [1.29, 1.82) is 0 Å². The predicted octanol–water partition coefficient (Wildman–Crippen LogP) is 2.02. The molecule has 0 spiro atoms. The monoisotopic (exact) mass is 360 g/mol. The van der Waals surface area contributed by atoms with Gasteiger partial charge in [-0.2, -0.15) is 0 Å². The van der Waals surface area contributed by atoms with Gasteiger partial charge in [-0.1, -0.05) is 6.07 Å². The molecular formula is C20H32N4O2. The van der Waals surface area contributed by atoms with Crippen molar-refractivity contribution in [3.63, 3.8) is 0 Å². The number of nitrogens with zero attached hydrogens (tertiary/aromatic N) is 3.